The average Bonchev–Trinajstić information content (AvgIpc) is 2.74. The van der Waals surface area contributed by atoms with Crippen molar-refractivity contribution in [2.75, 3.05) is 6.61 Å². The van der Waals surface area contributed by atoms with E-state index in [1.54, 1.807) is 0 Å². The summed E-state index contributed by atoms with van der Waals surface area (Å²) in [6.45, 7) is 5.86. The molecule has 2 heteroatoms. The van der Waals surface area contributed by atoms with E-state index in [-0.39, 0.29) is 0 Å². The highest BCUT2D eigenvalue weighted by Gasteiger charge is 2.33. The number of nitrogens with one attached hydrogen (secondary N) is 1. The lowest BCUT2D eigenvalue weighted by atomic mass is 9.87. The summed E-state index contributed by atoms with van der Waals surface area (Å²) in [5.74, 6) is 3.40. The molecule has 0 heterocycles. The van der Waals surface area contributed by atoms with Crippen molar-refractivity contribution in [2.24, 2.45) is 5.41 Å². The van der Waals surface area contributed by atoms with Crippen molar-refractivity contribution in [1.82, 2.24) is 5.32 Å². The smallest absolute Gasteiger partial charge is 0.148 e. The first-order valence-electron chi connectivity index (χ1n) is 7.01. The standard InChI is InChI=1S/C17H23NO/c1-4-12-19-15-9-6-5-8-14(15)13-18-16-10-7-11-17(16,2)3/h1,5-6,8-9,16,18H,7,10-13H2,2-3H3. The van der Waals surface area contributed by atoms with Crippen LogP contribution in [0.5, 0.6) is 5.75 Å². The molecule has 1 unspecified atom stereocenters. The zero-order chi connectivity index (χ0) is 13.7. The molecular weight excluding hydrogens is 234 g/mol. The predicted molar refractivity (Wildman–Crippen MR) is 79.0 cm³/mol. The van der Waals surface area contributed by atoms with E-state index in [0.29, 0.717) is 18.1 Å². The monoisotopic (exact) mass is 257 g/mol. The predicted octanol–water partition coefficient (Wildman–Crippen LogP) is 3.37. The van der Waals surface area contributed by atoms with Gasteiger partial charge in [-0.15, -0.1) is 6.42 Å². The van der Waals surface area contributed by atoms with Crippen LogP contribution in [0.3, 0.4) is 0 Å². The van der Waals surface area contributed by atoms with E-state index in [1.165, 1.54) is 24.8 Å². The summed E-state index contributed by atoms with van der Waals surface area (Å²) in [6.07, 6.45) is 9.13. The summed E-state index contributed by atoms with van der Waals surface area (Å²) >= 11 is 0. The van der Waals surface area contributed by atoms with Gasteiger partial charge in [0, 0.05) is 18.2 Å². The molecule has 2 rings (SSSR count). The molecule has 0 radical (unpaired) electrons. The molecule has 1 fully saturated rings. The molecule has 1 aliphatic rings. The summed E-state index contributed by atoms with van der Waals surface area (Å²) in [6, 6.07) is 8.69. The van der Waals surface area contributed by atoms with Crippen molar-refractivity contribution in [3.63, 3.8) is 0 Å². The first-order chi connectivity index (χ1) is 9.13. The van der Waals surface area contributed by atoms with Crippen LogP contribution in [-0.2, 0) is 6.54 Å². The van der Waals surface area contributed by atoms with E-state index in [4.69, 9.17) is 11.2 Å². The highest BCUT2D eigenvalue weighted by atomic mass is 16.5. The Balaban J connectivity index is 1.97. The van der Waals surface area contributed by atoms with Crippen LogP contribution in [0, 0.1) is 17.8 Å². The van der Waals surface area contributed by atoms with Crippen LogP contribution in [0.4, 0.5) is 0 Å². The number of benzene rings is 1. The van der Waals surface area contributed by atoms with E-state index in [0.717, 1.165) is 12.3 Å². The Kier molecular flexibility index (Phi) is 4.50. The van der Waals surface area contributed by atoms with Crippen molar-refractivity contribution in [3.8, 4) is 18.1 Å². The normalized spacial score (nSPS) is 21.0. The topological polar surface area (TPSA) is 21.3 Å². The lowest BCUT2D eigenvalue weighted by molar-refractivity contribution is 0.280. The number of hydrogen-bond donors (Lipinski definition) is 1. The Hall–Kier alpha value is -1.46. The third-order valence-corrected chi connectivity index (χ3v) is 4.08. The number of ether oxygens (including phenoxy) is 1. The molecule has 1 saturated carbocycles. The molecule has 2 nitrogen and oxygen atoms in total. The second-order valence-corrected chi connectivity index (χ2v) is 5.91. The lowest BCUT2D eigenvalue weighted by Crippen LogP contribution is -2.37. The Morgan fingerprint density at radius 3 is 2.89 bits per heavy atom. The zero-order valence-corrected chi connectivity index (χ0v) is 11.9. The molecule has 0 amide bonds. The average molecular weight is 257 g/mol. The highest BCUT2D eigenvalue weighted by Crippen LogP contribution is 2.37. The Morgan fingerprint density at radius 1 is 1.42 bits per heavy atom. The maximum absolute atomic E-state index is 5.58. The molecule has 1 atom stereocenters. The third-order valence-electron chi connectivity index (χ3n) is 4.08. The molecule has 0 aliphatic heterocycles. The molecule has 0 bridgehead atoms. The molecule has 1 aromatic rings. The largest absolute Gasteiger partial charge is 0.481 e. The van der Waals surface area contributed by atoms with Crippen molar-refractivity contribution in [1.29, 1.82) is 0 Å². The first kappa shape index (κ1) is 14.0. The molecule has 0 saturated heterocycles. The maximum atomic E-state index is 5.58. The Labute approximate surface area is 116 Å². The minimum atomic E-state index is 0.325. The van der Waals surface area contributed by atoms with E-state index in [2.05, 4.69) is 31.2 Å². The van der Waals surface area contributed by atoms with Gasteiger partial charge in [-0.3, -0.25) is 0 Å². The van der Waals surface area contributed by atoms with Gasteiger partial charge in [0.2, 0.25) is 0 Å². The number of para-hydroxylation sites is 1. The summed E-state index contributed by atoms with van der Waals surface area (Å²) in [5, 5.41) is 3.67. The van der Waals surface area contributed by atoms with E-state index >= 15 is 0 Å². The van der Waals surface area contributed by atoms with Gasteiger partial charge < -0.3 is 10.1 Å². The van der Waals surface area contributed by atoms with Gasteiger partial charge in [0.25, 0.3) is 0 Å². The van der Waals surface area contributed by atoms with Crippen LogP contribution in [0.1, 0.15) is 38.7 Å². The molecule has 19 heavy (non-hydrogen) atoms. The van der Waals surface area contributed by atoms with E-state index < -0.39 is 0 Å². The van der Waals surface area contributed by atoms with Crippen molar-refractivity contribution >= 4 is 0 Å². The van der Waals surface area contributed by atoms with Gasteiger partial charge in [-0.25, -0.2) is 0 Å². The highest BCUT2D eigenvalue weighted by molar-refractivity contribution is 5.33. The summed E-state index contributed by atoms with van der Waals surface area (Å²) in [7, 11) is 0. The van der Waals surface area contributed by atoms with Gasteiger partial charge in [-0.2, -0.15) is 0 Å². The molecule has 1 aromatic carbocycles. The van der Waals surface area contributed by atoms with E-state index in [9.17, 15) is 0 Å². The fourth-order valence-corrected chi connectivity index (χ4v) is 2.85. The minimum Gasteiger partial charge on any atom is -0.481 e. The summed E-state index contributed by atoms with van der Waals surface area (Å²) in [4.78, 5) is 0. The van der Waals surface area contributed by atoms with Crippen molar-refractivity contribution in [3.05, 3.63) is 29.8 Å². The third kappa shape index (κ3) is 3.52. The fraction of sp³-hybridized carbons (Fsp3) is 0.529. The Morgan fingerprint density at radius 2 is 2.21 bits per heavy atom. The number of hydrogen-bond acceptors (Lipinski definition) is 2. The SMILES string of the molecule is C#CCOc1ccccc1CNC1CCCC1(C)C. The maximum Gasteiger partial charge on any atom is 0.148 e. The van der Waals surface area contributed by atoms with Gasteiger partial charge in [0.1, 0.15) is 12.4 Å². The van der Waals surface area contributed by atoms with Crippen LogP contribution < -0.4 is 10.1 Å². The fourth-order valence-electron chi connectivity index (χ4n) is 2.85. The molecular formula is C17H23NO. The van der Waals surface area contributed by atoms with E-state index in [1.807, 2.05) is 18.2 Å². The van der Waals surface area contributed by atoms with Gasteiger partial charge in [0.05, 0.1) is 0 Å². The lowest BCUT2D eigenvalue weighted by Gasteiger charge is -2.28. The number of terminal acetylenes is 1. The molecule has 102 valence electrons. The second-order valence-electron chi connectivity index (χ2n) is 5.91. The first-order valence-corrected chi connectivity index (χ1v) is 7.01. The van der Waals surface area contributed by atoms with Crippen LogP contribution in [0.25, 0.3) is 0 Å². The number of rotatable bonds is 5. The van der Waals surface area contributed by atoms with Crippen molar-refractivity contribution in [2.45, 2.75) is 45.7 Å². The molecule has 1 aliphatic carbocycles. The minimum absolute atomic E-state index is 0.325. The van der Waals surface area contributed by atoms with Crippen LogP contribution in [0.15, 0.2) is 24.3 Å². The van der Waals surface area contributed by atoms with Gasteiger partial charge >= 0.3 is 0 Å². The van der Waals surface area contributed by atoms with Crippen LogP contribution >= 0.6 is 0 Å². The molecule has 0 aromatic heterocycles. The van der Waals surface area contributed by atoms with Gasteiger partial charge in [-0.05, 0) is 24.3 Å². The van der Waals surface area contributed by atoms with Crippen molar-refractivity contribution < 1.29 is 4.74 Å². The quantitative estimate of drug-likeness (QED) is 0.817. The van der Waals surface area contributed by atoms with Crippen LogP contribution in [0.2, 0.25) is 0 Å². The zero-order valence-electron chi connectivity index (χ0n) is 11.9. The van der Waals surface area contributed by atoms with Gasteiger partial charge in [-0.1, -0.05) is 44.4 Å². The van der Waals surface area contributed by atoms with Gasteiger partial charge in [0.15, 0.2) is 0 Å². The van der Waals surface area contributed by atoms with Crippen LogP contribution in [-0.4, -0.2) is 12.6 Å². The molecule has 0 spiro atoms. The summed E-state index contributed by atoms with van der Waals surface area (Å²) < 4.78 is 5.58. The molecule has 1 N–H and O–H groups in total. The Bertz CT molecular complexity index is 459. The second kappa shape index (κ2) is 6.12. The summed E-state index contributed by atoms with van der Waals surface area (Å²) in [5.41, 5.74) is 1.58.